The van der Waals surface area contributed by atoms with Gasteiger partial charge in [-0.3, -0.25) is 14.5 Å². The molecule has 2 amide bonds. The summed E-state index contributed by atoms with van der Waals surface area (Å²) < 4.78 is 10.9. The van der Waals surface area contributed by atoms with Crippen molar-refractivity contribution >= 4 is 23.1 Å². The number of ether oxygens (including phenoxy) is 2. The molecule has 0 spiro atoms. The van der Waals surface area contributed by atoms with Crippen molar-refractivity contribution in [2.75, 3.05) is 38.8 Å². The van der Waals surface area contributed by atoms with Crippen molar-refractivity contribution in [1.82, 2.24) is 4.90 Å². The Hall–Kier alpha value is -3.12. The molecular weight excluding hydrogens is 392 g/mol. The fourth-order valence-corrected chi connectivity index (χ4v) is 3.47. The third-order valence-electron chi connectivity index (χ3n) is 5.08. The highest BCUT2D eigenvalue weighted by Gasteiger charge is 2.40. The average Bonchev–Trinajstić information content (AvgIpc) is 3.03. The number of amides is 2. The number of carbonyl (C=O) groups is 2. The summed E-state index contributed by atoms with van der Waals surface area (Å²) in [6, 6.07) is 16.9. The van der Waals surface area contributed by atoms with E-state index in [1.807, 2.05) is 61.6 Å². The summed E-state index contributed by atoms with van der Waals surface area (Å²) in [5.74, 6) is 0.588. The van der Waals surface area contributed by atoms with Crippen LogP contribution in [0.4, 0.5) is 5.69 Å². The zero-order valence-corrected chi connectivity index (χ0v) is 18.6. The molecule has 1 aliphatic rings. The second kappa shape index (κ2) is 10.3. The van der Waals surface area contributed by atoms with Crippen LogP contribution < -0.4 is 9.64 Å². The van der Waals surface area contributed by atoms with E-state index in [4.69, 9.17) is 9.47 Å². The van der Waals surface area contributed by atoms with E-state index in [0.717, 1.165) is 11.4 Å². The van der Waals surface area contributed by atoms with Gasteiger partial charge in [0.2, 0.25) is 0 Å². The molecule has 6 nitrogen and oxygen atoms in total. The smallest absolute Gasteiger partial charge is 0.278 e. The number of hydrogen-bond donors (Lipinski definition) is 0. The number of para-hydroxylation sites is 1. The Bertz CT molecular complexity index is 936. The van der Waals surface area contributed by atoms with Crippen LogP contribution in [0, 0.1) is 5.92 Å². The van der Waals surface area contributed by atoms with Gasteiger partial charge in [-0.15, -0.1) is 0 Å². The lowest BCUT2D eigenvalue weighted by Crippen LogP contribution is -2.35. The molecule has 2 aromatic carbocycles. The predicted octanol–water partition coefficient (Wildman–Crippen LogP) is 3.97. The number of benzene rings is 2. The van der Waals surface area contributed by atoms with E-state index in [2.05, 4.69) is 13.8 Å². The summed E-state index contributed by atoms with van der Waals surface area (Å²) >= 11 is 0. The van der Waals surface area contributed by atoms with Crippen molar-refractivity contribution in [3.63, 3.8) is 0 Å². The Kier molecular flexibility index (Phi) is 7.47. The van der Waals surface area contributed by atoms with Crippen LogP contribution in [-0.2, 0) is 14.3 Å². The molecule has 0 N–H and O–H groups in total. The van der Waals surface area contributed by atoms with E-state index >= 15 is 0 Å². The predicted molar refractivity (Wildman–Crippen MR) is 122 cm³/mol. The van der Waals surface area contributed by atoms with Gasteiger partial charge >= 0.3 is 0 Å². The first kappa shape index (κ1) is 22.6. The summed E-state index contributed by atoms with van der Waals surface area (Å²) in [5, 5.41) is 0. The van der Waals surface area contributed by atoms with Crippen molar-refractivity contribution in [2.24, 2.45) is 5.92 Å². The van der Waals surface area contributed by atoms with E-state index in [9.17, 15) is 9.59 Å². The molecular formula is C25H30N2O4. The van der Waals surface area contributed by atoms with Gasteiger partial charge in [0.15, 0.2) is 0 Å². The maximum Gasteiger partial charge on any atom is 0.278 e. The second-order valence-electron chi connectivity index (χ2n) is 7.96. The van der Waals surface area contributed by atoms with Crippen molar-refractivity contribution in [3.8, 4) is 5.75 Å². The monoisotopic (exact) mass is 422 g/mol. The standard InChI is InChI=1S/C25H30N2O4/c1-18(2)17-31-21-13-11-19(12-14-21)22-23(26(3)20-9-6-5-7-10-20)25(29)27(24(22)28)15-8-16-30-4/h5-7,9-14,18H,8,15-17H2,1-4H3. The number of anilines is 1. The Morgan fingerprint density at radius 1 is 0.968 bits per heavy atom. The Labute approximate surface area is 184 Å². The highest BCUT2D eigenvalue weighted by Crippen LogP contribution is 2.34. The zero-order valence-electron chi connectivity index (χ0n) is 18.6. The van der Waals surface area contributed by atoms with Crippen LogP contribution >= 0.6 is 0 Å². The third kappa shape index (κ3) is 5.14. The molecule has 0 atom stereocenters. The molecule has 31 heavy (non-hydrogen) atoms. The first-order valence-electron chi connectivity index (χ1n) is 10.6. The fraction of sp³-hybridized carbons (Fsp3) is 0.360. The Balaban J connectivity index is 1.97. The third-order valence-corrected chi connectivity index (χ3v) is 5.08. The average molecular weight is 423 g/mol. The highest BCUT2D eigenvalue weighted by molar-refractivity contribution is 6.36. The number of nitrogens with zero attached hydrogens (tertiary/aromatic N) is 2. The Morgan fingerprint density at radius 3 is 2.26 bits per heavy atom. The van der Waals surface area contributed by atoms with Crippen molar-refractivity contribution in [3.05, 3.63) is 65.9 Å². The molecule has 0 radical (unpaired) electrons. The summed E-state index contributed by atoms with van der Waals surface area (Å²) in [5.41, 5.74) is 2.32. The summed E-state index contributed by atoms with van der Waals surface area (Å²) in [4.78, 5) is 29.7. The number of imide groups is 1. The molecule has 0 bridgehead atoms. The van der Waals surface area contributed by atoms with Gasteiger partial charge in [-0.05, 0) is 42.2 Å². The molecule has 0 aliphatic carbocycles. The highest BCUT2D eigenvalue weighted by atomic mass is 16.5. The van der Waals surface area contributed by atoms with Crippen LogP contribution in [0.2, 0.25) is 0 Å². The summed E-state index contributed by atoms with van der Waals surface area (Å²) in [6.45, 7) is 5.60. The van der Waals surface area contributed by atoms with E-state index < -0.39 is 0 Å². The first-order chi connectivity index (χ1) is 14.9. The lowest BCUT2D eigenvalue weighted by atomic mass is 10.0. The minimum Gasteiger partial charge on any atom is -0.493 e. The number of methoxy groups -OCH3 is 1. The van der Waals surface area contributed by atoms with Crippen LogP contribution in [0.15, 0.2) is 60.3 Å². The maximum absolute atomic E-state index is 13.3. The maximum atomic E-state index is 13.3. The van der Waals surface area contributed by atoms with Gasteiger partial charge in [-0.25, -0.2) is 0 Å². The van der Waals surface area contributed by atoms with Gasteiger partial charge in [0.05, 0.1) is 12.2 Å². The lowest BCUT2D eigenvalue weighted by molar-refractivity contribution is -0.137. The van der Waals surface area contributed by atoms with Crippen molar-refractivity contribution in [2.45, 2.75) is 20.3 Å². The molecule has 0 aromatic heterocycles. The molecule has 1 heterocycles. The summed E-state index contributed by atoms with van der Waals surface area (Å²) in [6.07, 6.45) is 0.589. The number of carbonyl (C=O) groups excluding carboxylic acids is 2. The lowest BCUT2D eigenvalue weighted by Gasteiger charge is -2.21. The minimum absolute atomic E-state index is 0.283. The number of likely N-dealkylation sites (N-methyl/N-ethyl adjacent to an activating group) is 1. The number of hydrogen-bond acceptors (Lipinski definition) is 5. The molecule has 2 aromatic rings. The molecule has 6 heteroatoms. The van der Waals surface area contributed by atoms with Gasteiger partial charge in [-0.1, -0.05) is 44.2 Å². The molecule has 0 fully saturated rings. The number of rotatable bonds is 10. The van der Waals surface area contributed by atoms with Crippen LogP contribution in [0.25, 0.3) is 5.57 Å². The van der Waals surface area contributed by atoms with Crippen LogP contribution in [0.1, 0.15) is 25.8 Å². The molecule has 164 valence electrons. The SMILES string of the molecule is COCCCN1C(=O)C(c2ccc(OCC(C)C)cc2)=C(N(C)c2ccccc2)C1=O. The fourth-order valence-electron chi connectivity index (χ4n) is 3.47. The Morgan fingerprint density at radius 2 is 1.65 bits per heavy atom. The van der Waals surface area contributed by atoms with Gasteiger partial charge in [-0.2, -0.15) is 0 Å². The van der Waals surface area contributed by atoms with Crippen LogP contribution in [0.5, 0.6) is 5.75 Å². The van der Waals surface area contributed by atoms with Crippen molar-refractivity contribution in [1.29, 1.82) is 0 Å². The van der Waals surface area contributed by atoms with Gasteiger partial charge in [0.1, 0.15) is 11.4 Å². The molecule has 0 unspecified atom stereocenters. The molecule has 3 rings (SSSR count). The van der Waals surface area contributed by atoms with Crippen LogP contribution in [-0.4, -0.2) is 50.6 Å². The van der Waals surface area contributed by atoms with Crippen LogP contribution in [0.3, 0.4) is 0 Å². The summed E-state index contributed by atoms with van der Waals surface area (Å²) in [7, 11) is 3.42. The minimum atomic E-state index is -0.289. The van der Waals surface area contributed by atoms with Gasteiger partial charge in [0, 0.05) is 33.0 Å². The normalized spacial score (nSPS) is 14.0. The molecule has 0 saturated heterocycles. The van der Waals surface area contributed by atoms with Gasteiger partial charge in [0.25, 0.3) is 11.8 Å². The first-order valence-corrected chi connectivity index (χ1v) is 10.6. The quantitative estimate of drug-likeness (QED) is 0.428. The van der Waals surface area contributed by atoms with Gasteiger partial charge < -0.3 is 14.4 Å². The molecule has 0 saturated carbocycles. The topological polar surface area (TPSA) is 59.1 Å². The van der Waals surface area contributed by atoms with E-state index in [-0.39, 0.29) is 11.8 Å². The van der Waals surface area contributed by atoms with E-state index in [1.165, 1.54) is 4.90 Å². The second-order valence-corrected chi connectivity index (χ2v) is 7.96. The van der Waals surface area contributed by atoms with E-state index in [1.54, 1.807) is 12.0 Å². The van der Waals surface area contributed by atoms with E-state index in [0.29, 0.717) is 48.9 Å². The largest absolute Gasteiger partial charge is 0.493 e. The van der Waals surface area contributed by atoms with Crippen molar-refractivity contribution < 1.29 is 19.1 Å². The zero-order chi connectivity index (χ0) is 22.4. The molecule has 1 aliphatic heterocycles.